The number of carbonyl (C=O) groups is 1. The summed E-state index contributed by atoms with van der Waals surface area (Å²) in [6.07, 6.45) is 2.97. The summed E-state index contributed by atoms with van der Waals surface area (Å²) in [5.74, 6) is 1.36. The van der Waals surface area contributed by atoms with Crippen molar-refractivity contribution in [2.24, 2.45) is 5.92 Å². The first-order valence-corrected chi connectivity index (χ1v) is 8.39. The fourth-order valence-corrected chi connectivity index (χ4v) is 3.00. The second kappa shape index (κ2) is 8.18. The Morgan fingerprint density at radius 3 is 2.77 bits per heavy atom. The zero-order valence-corrected chi connectivity index (χ0v) is 14.0. The molecule has 122 valence electrons. The minimum atomic E-state index is 0.197. The Bertz CT molecular complexity index is 482. The van der Waals surface area contributed by atoms with Gasteiger partial charge in [0, 0.05) is 30.4 Å². The predicted octanol–water partition coefficient (Wildman–Crippen LogP) is 1.40. The van der Waals surface area contributed by atoms with Crippen LogP contribution in [0.15, 0.2) is 24.3 Å². The van der Waals surface area contributed by atoms with Crippen LogP contribution in [0.2, 0.25) is 0 Å². The van der Waals surface area contributed by atoms with E-state index < -0.39 is 0 Å². The third-order valence-corrected chi connectivity index (χ3v) is 4.65. The van der Waals surface area contributed by atoms with Crippen molar-refractivity contribution < 1.29 is 14.4 Å². The fourth-order valence-electron chi connectivity index (χ4n) is 3.00. The molecule has 2 rings (SSSR count). The molecule has 0 saturated carbocycles. The number of ether oxygens (including phenoxy) is 1. The molecule has 1 fully saturated rings. The second-order valence-corrected chi connectivity index (χ2v) is 6.37. The quantitative estimate of drug-likeness (QED) is 0.834. The minimum Gasteiger partial charge on any atom is -0.497 e. The second-order valence-electron chi connectivity index (χ2n) is 6.37. The molecule has 1 amide bonds. The molecule has 0 aliphatic carbocycles. The highest BCUT2D eigenvalue weighted by Gasteiger charge is 2.27. The molecule has 22 heavy (non-hydrogen) atoms. The van der Waals surface area contributed by atoms with Crippen LogP contribution in [0.4, 0.5) is 0 Å². The molecule has 2 N–H and O–H groups in total. The molecule has 1 aliphatic rings. The standard InChI is InChI=1S/C18H28N2O2/c1-4-14(2)19-18(21)16-8-10-20(11-9-16)13-15-6-5-7-17(12-15)22-3/h5-7,12,14,16H,4,8-11,13H2,1-3H3,(H,19,21)/p+1/t14-/m1/s1. The lowest BCUT2D eigenvalue weighted by molar-refractivity contribution is -0.919. The van der Waals surface area contributed by atoms with Crippen LogP contribution in [0, 0.1) is 5.92 Å². The van der Waals surface area contributed by atoms with Crippen molar-refractivity contribution >= 4 is 5.91 Å². The van der Waals surface area contributed by atoms with E-state index in [4.69, 9.17) is 4.74 Å². The largest absolute Gasteiger partial charge is 0.497 e. The van der Waals surface area contributed by atoms with Gasteiger partial charge in [-0.25, -0.2) is 0 Å². The van der Waals surface area contributed by atoms with Crippen molar-refractivity contribution in [3.8, 4) is 5.75 Å². The molecular formula is C18H29N2O2+. The fraction of sp³-hybridized carbons (Fsp3) is 0.611. The summed E-state index contributed by atoms with van der Waals surface area (Å²) in [6.45, 7) is 7.31. The van der Waals surface area contributed by atoms with Crippen molar-refractivity contribution in [3.05, 3.63) is 29.8 Å². The third-order valence-electron chi connectivity index (χ3n) is 4.65. The molecule has 0 radical (unpaired) electrons. The Morgan fingerprint density at radius 1 is 1.41 bits per heavy atom. The maximum atomic E-state index is 12.2. The lowest BCUT2D eigenvalue weighted by Crippen LogP contribution is -3.11. The summed E-state index contributed by atoms with van der Waals surface area (Å²) in [5.41, 5.74) is 1.30. The van der Waals surface area contributed by atoms with Crippen LogP contribution in [-0.4, -0.2) is 32.1 Å². The number of likely N-dealkylation sites (tertiary alicyclic amines) is 1. The Hall–Kier alpha value is -1.55. The molecule has 1 aliphatic heterocycles. The van der Waals surface area contributed by atoms with Crippen LogP contribution in [0.5, 0.6) is 5.75 Å². The summed E-state index contributed by atoms with van der Waals surface area (Å²) in [6, 6.07) is 8.56. The van der Waals surface area contributed by atoms with E-state index in [1.807, 2.05) is 12.1 Å². The molecule has 4 heteroatoms. The third kappa shape index (κ3) is 4.73. The van der Waals surface area contributed by atoms with Gasteiger partial charge in [-0.15, -0.1) is 0 Å². The lowest BCUT2D eigenvalue weighted by atomic mass is 9.95. The van der Waals surface area contributed by atoms with E-state index in [9.17, 15) is 4.79 Å². The van der Waals surface area contributed by atoms with E-state index in [2.05, 4.69) is 31.3 Å². The highest BCUT2D eigenvalue weighted by atomic mass is 16.5. The van der Waals surface area contributed by atoms with Gasteiger partial charge in [0.25, 0.3) is 0 Å². The summed E-state index contributed by atoms with van der Waals surface area (Å²) in [4.78, 5) is 13.7. The van der Waals surface area contributed by atoms with Gasteiger partial charge in [0.05, 0.1) is 20.2 Å². The zero-order chi connectivity index (χ0) is 15.9. The summed E-state index contributed by atoms with van der Waals surface area (Å²) in [5, 5.41) is 3.11. The molecule has 0 bridgehead atoms. The SMILES string of the molecule is CC[C@@H](C)NC(=O)C1CC[NH+](Cc2cccc(OC)c2)CC1. The number of amides is 1. The van der Waals surface area contributed by atoms with Crippen LogP contribution in [0.1, 0.15) is 38.7 Å². The summed E-state index contributed by atoms with van der Waals surface area (Å²) in [7, 11) is 1.70. The Labute approximate surface area is 133 Å². The van der Waals surface area contributed by atoms with Gasteiger partial charge in [-0.1, -0.05) is 19.1 Å². The average Bonchev–Trinajstić information content (AvgIpc) is 2.55. The van der Waals surface area contributed by atoms with E-state index in [0.717, 1.165) is 44.6 Å². The van der Waals surface area contributed by atoms with Gasteiger partial charge in [0.1, 0.15) is 12.3 Å². The number of piperidine rings is 1. The van der Waals surface area contributed by atoms with Gasteiger partial charge in [-0.3, -0.25) is 4.79 Å². The number of benzene rings is 1. The van der Waals surface area contributed by atoms with Gasteiger partial charge < -0.3 is 15.0 Å². The smallest absolute Gasteiger partial charge is 0.223 e. The first kappa shape index (κ1) is 16.8. The van der Waals surface area contributed by atoms with Gasteiger partial charge in [0.15, 0.2) is 0 Å². The predicted molar refractivity (Wildman–Crippen MR) is 88.0 cm³/mol. The van der Waals surface area contributed by atoms with Crippen molar-refractivity contribution in [1.29, 1.82) is 0 Å². The van der Waals surface area contributed by atoms with E-state index in [0.29, 0.717) is 0 Å². The van der Waals surface area contributed by atoms with E-state index >= 15 is 0 Å². The number of rotatable bonds is 6. The number of carbonyl (C=O) groups excluding carboxylic acids is 1. The van der Waals surface area contributed by atoms with E-state index in [1.54, 1.807) is 12.0 Å². The maximum absolute atomic E-state index is 12.2. The Kier molecular flexibility index (Phi) is 6.25. The van der Waals surface area contributed by atoms with Gasteiger partial charge in [-0.2, -0.15) is 0 Å². The molecule has 1 saturated heterocycles. The topological polar surface area (TPSA) is 42.8 Å². The summed E-state index contributed by atoms with van der Waals surface area (Å²) < 4.78 is 5.28. The molecule has 0 unspecified atom stereocenters. The Morgan fingerprint density at radius 2 is 2.14 bits per heavy atom. The Balaban J connectivity index is 1.80. The molecule has 0 aromatic heterocycles. The van der Waals surface area contributed by atoms with Crippen molar-refractivity contribution in [2.75, 3.05) is 20.2 Å². The first-order valence-electron chi connectivity index (χ1n) is 8.39. The lowest BCUT2D eigenvalue weighted by Gasteiger charge is -2.29. The molecular weight excluding hydrogens is 276 g/mol. The number of methoxy groups -OCH3 is 1. The maximum Gasteiger partial charge on any atom is 0.223 e. The highest BCUT2D eigenvalue weighted by Crippen LogP contribution is 2.13. The molecule has 1 heterocycles. The minimum absolute atomic E-state index is 0.197. The van der Waals surface area contributed by atoms with Crippen molar-refractivity contribution in [1.82, 2.24) is 5.32 Å². The zero-order valence-electron chi connectivity index (χ0n) is 14.0. The first-order chi connectivity index (χ1) is 10.6. The molecule has 1 atom stereocenters. The van der Waals surface area contributed by atoms with E-state index in [1.165, 1.54) is 5.56 Å². The van der Waals surface area contributed by atoms with Crippen molar-refractivity contribution in [2.45, 2.75) is 45.7 Å². The van der Waals surface area contributed by atoms with Crippen LogP contribution in [-0.2, 0) is 11.3 Å². The monoisotopic (exact) mass is 305 g/mol. The van der Waals surface area contributed by atoms with Crippen LogP contribution >= 0.6 is 0 Å². The molecule has 0 spiro atoms. The number of nitrogens with one attached hydrogen (secondary N) is 2. The number of quaternary nitrogens is 1. The van der Waals surface area contributed by atoms with Gasteiger partial charge in [0.2, 0.25) is 5.91 Å². The van der Waals surface area contributed by atoms with Crippen LogP contribution < -0.4 is 15.0 Å². The number of hydrogen-bond donors (Lipinski definition) is 2. The summed E-state index contributed by atoms with van der Waals surface area (Å²) >= 11 is 0. The molecule has 1 aromatic rings. The highest BCUT2D eigenvalue weighted by molar-refractivity contribution is 5.78. The van der Waals surface area contributed by atoms with Crippen LogP contribution in [0.3, 0.4) is 0 Å². The van der Waals surface area contributed by atoms with Gasteiger partial charge in [-0.05, 0) is 25.5 Å². The molecule has 1 aromatic carbocycles. The van der Waals surface area contributed by atoms with Gasteiger partial charge >= 0.3 is 0 Å². The normalized spacial score (nSPS) is 22.9. The van der Waals surface area contributed by atoms with Crippen molar-refractivity contribution in [3.63, 3.8) is 0 Å². The molecule has 4 nitrogen and oxygen atoms in total. The van der Waals surface area contributed by atoms with Crippen LogP contribution in [0.25, 0.3) is 0 Å². The average molecular weight is 305 g/mol. The number of hydrogen-bond acceptors (Lipinski definition) is 2. The van der Waals surface area contributed by atoms with E-state index in [-0.39, 0.29) is 17.9 Å².